The van der Waals surface area contributed by atoms with Crippen molar-refractivity contribution in [2.24, 2.45) is 0 Å². The molecule has 0 aromatic heterocycles. The zero-order chi connectivity index (χ0) is 42.3. The lowest BCUT2D eigenvalue weighted by molar-refractivity contribution is -0.138. The summed E-state index contributed by atoms with van der Waals surface area (Å²) in [5.74, 6) is 0. The molecule has 0 aliphatic heterocycles. The molecule has 58 heavy (non-hydrogen) atoms. The van der Waals surface area contributed by atoms with Gasteiger partial charge in [0.2, 0.25) is 19.7 Å². The summed E-state index contributed by atoms with van der Waals surface area (Å²) in [4.78, 5) is -2.16. The van der Waals surface area contributed by atoms with Crippen LogP contribution in [0.2, 0.25) is 0 Å². The van der Waals surface area contributed by atoms with Crippen LogP contribution < -0.4 is 0 Å². The Morgan fingerprint density at radius 2 is 0.759 bits per heavy atom. The first kappa shape index (κ1) is 39.3. The van der Waals surface area contributed by atoms with Crippen molar-refractivity contribution in [3.05, 3.63) is 141 Å². The summed E-state index contributed by atoms with van der Waals surface area (Å²) in [6, 6.07) is 22.3. The second kappa shape index (κ2) is 13.3. The van der Waals surface area contributed by atoms with Crippen LogP contribution in [0.15, 0.2) is 116 Å². The van der Waals surface area contributed by atoms with Crippen LogP contribution in [0.25, 0.3) is 33.4 Å². The van der Waals surface area contributed by atoms with Gasteiger partial charge in [-0.2, -0.15) is 47.4 Å². The van der Waals surface area contributed by atoms with E-state index in [2.05, 4.69) is 0 Å². The number of alkyl halides is 6. The maximum atomic E-state index is 13.8. The van der Waals surface area contributed by atoms with Crippen molar-refractivity contribution in [2.75, 3.05) is 0 Å². The standard InChI is InChI=1S/C42H20F6N4O4S2/c1-21-7-25(41(43,44)45)11-29(9-21)57(53,54)27-3-5-31-33-15-38-34(16-37(33)39(35(31)13-27)23(17-49)18-50)32-6-4-28(14-36(32)40(38)24(19-51)20-52)58(55,56)30-10-22(2)8-26(12-30)42(46,47)48/h3-16H,1-2H3. The Hall–Kier alpha value is -6.98. The molecule has 0 spiro atoms. The Kier molecular flexibility index (Phi) is 9.01. The van der Waals surface area contributed by atoms with Crippen LogP contribution in [-0.2, 0) is 32.0 Å². The lowest BCUT2D eigenvalue weighted by atomic mass is 9.93. The molecule has 2 aliphatic carbocycles. The van der Waals surface area contributed by atoms with E-state index in [0.717, 1.165) is 48.5 Å². The number of allylic oxidation sites excluding steroid dienone is 2. The van der Waals surface area contributed by atoms with Crippen molar-refractivity contribution >= 4 is 30.8 Å². The minimum Gasteiger partial charge on any atom is -0.219 e. The summed E-state index contributed by atoms with van der Waals surface area (Å²) in [6.45, 7) is 2.61. The Morgan fingerprint density at radius 1 is 0.431 bits per heavy atom. The molecule has 16 heteroatoms. The smallest absolute Gasteiger partial charge is 0.219 e. The van der Waals surface area contributed by atoms with Crippen molar-refractivity contribution in [1.82, 2.24) is 0 Å². The van der Waals surface area contributed by atoms with Gasteiger partial charge in [0, 0.05) is 11.1 Å². The van der Waals surface area contributed by atoms with E-state index >= 15 is 0 Å². The Bertz CT molecular complexity index is 2940. The first-order valence-electron chi connectivity index (χ1n) is 16.6. The molecule has 0 N–H and O–H groups in total. The number of halogens is 6. The summed E-state index contributed by atoms with van der Waals surface area (Å²) in [6.07, 6.45) is -9.69. The molecule has 286 valence electrons. The van der Waals surface area contributed by atoms with E-state index in [1.54, 1.807) is 24.3 Å². The third-order valence-electron chi connectivity index (χ3n) is 9.74. The molecule has 5 aromatic rings. The summed E-state index contributed by atoms with van der Waals surface area (Å²) < 4.78 is 137. The zero-order valence-corrected chi connectivity index (χ0v) is 31.2. The number of rotatable bonds is 4. The van der Waals surface area contributed by atoms with Crippen LogP contribution in [0.5, 0.6) is 0 Å². The summed E-state index contributed by atoms with van der Waals surface area (Å²) in [5.41, 5.74) is -1.46. The number of aryl methyl sites for hydroxylation is 2. The van der Waals surface area contributed by atoms with E-state index in [1.807, 2.05) is 0 Å². The maximum Gasteiger partial charge on any atom is 0.416 e. The average Bonchev–Trinajstić information content (AvgIpc) is 3.65. The van der Waals surface area contributed by atoms with Gasteiger partial charge in [0.1, 0.15) is 35.4 Å². The molecule has 0 amide bonds. The van der Waals surface area contributed by atoms with Crippen LogP contribution in [0, 0.1) is 59.2 Å². The second-order valence-electron chi connectivity index (χ2n) is 13.4. The minimum absolute atomic E-state index is 0.0195. The van der Waals surface area contributed by atoms with Crippen molar-refractivity contribution < 1.29 is 43.2 Å². The summed E-state index contributed by atoms with van der Waals surface area (Å²) in [5, 5.41) is 40.2. The van der Waals surface area contributed by atoms with Gasteiger partial charge < -0.3 is 0 Å². The highest BCUT2D eigenvalue weighted by atomic mass is 32.2. The molecule has 2 aliphatic rings. The van der Waals surface area contributed by atoms with Gasteiger partial charge in [-0.3, -0.25) is 0 Å². The second-order valence-corrected chi connectivity index (χ2v) is 17.3. The minimum atomic E-state index is -4.85. The molecule has 0 fully saturated rings. The quantitative estimate of drug-likeness (QED) is 0.125. The first-order chi connectivity index (χ1) is 27.1. The lowest BCUT2D eigenvalue weighted by Crippen LogP contribution is -2.09. The third-order valence-corrected chi connectivity index (χ3v) is 13.2. The highest BCUT2D eigenvalue weighted by Crippen LogP contribution is 2.54. The van der Waals surface area contributed by atoms with Gasteiger partial charge in [-0.05, 0) is 142 Å². The van der Waals surface area contributed by atoms with E-state index in [0.29, 0.717) is 23.3 Å². The molecule has 0 heterocycles. The fourth-order valence-corrected chi connectivity index (χ4v) is 10.1. The predicted molar refractivity (Wildman–Crippen MR) is 195 cm³/mol. The van der Waals surface area contributed by atoms with E-state index in [1.165, 1.54) is 38.1 Å². The lowest BCUT2D eigenvalue weighted by Gasteiger charge is -2.12. The third kappa shape index (κ3) is 6.20. The number of hydrogen-bond donors (Lipinski definition) is 0. The van der Waals surface area contributed by atoms with Crippen LogP contribution in [0.3, 0.4) is 0 Å². The van der Waals surface area contributed by atoms with Gasteiger partial charge in [0.05, 0.1) is 30.7 Å². The molecular weight excluding hydrogens is 803 g/mol. The zero-order valence-electron chi connectivity index (χ0n) is 29.6. The van der Waals surface area contributed by atoms with Gasteiger partial charge >= 0.3 is 12.4 Å². The molecule has 5 aromatic carbocycles. The van der Waals surface area contributed by atoms with Crippen molar-refractivity contribution in [3.63, 3.8) is 0 Å². The first-order valence-corrected chi connectivity index (χ1v) is 19.6. The molecule has 7 rings (SSSR count). The van der Waals surface area contributed by atoms with Crippen LogP contribution in [-0.4, -0.2) is 16.8 Å². The molecule has 0 unspecified atom stereocenters. The Morgan fingerprint density at radius 3 is 1.07 bits per heavy atom. The van der Waals surface area contributed by atoms with E-state index in [-0.39, 0.29) is 55.7 Å². The number of nitriles is 4. The number of sulfone groups is 2. The largest absolute Gasteiger partial charge is 0.416 e. The molecular formula is C42H20F6N4O4S2. The van der Waals surface area contributed by atoms with E-state index in [4.69, 9.17) is 0 Å². The summed E-state index contributed by atoms with van der Waals surface area (Å²) in [7, 11) is -9.23. The van der Waals surface area contributed by atoms with Gasteiger partial charge in [-0.25, -0.2) is 16.8 Å². The fraction of sp³-hybridized carbons (Fsp3) is 0.0952. The topological polar surface area (TPSA) is 163 Å². The van der Waals surface area contributed by atoms with Crippen LogP contribution >= 0.6 is 0 Å². The van der Waals surface area contributed by atoms with Crippen LogP contribution in [0.1, 0.15) is 44.5 Å². The number of hydrogen-bond acceptors (Lipinski definition) is 8. The predicted octanol–water partition coefficient (Wildman–Crippen LogP) is 9.67. The molecule has 8 nitrogen and oxygen atoms in total. The van der Waals surface area contributed by atoms with Gasteiger partial charge in [0.15, 0.2) is 0 Å². The van der Waals surface area contributed by atoms with Crippen LogP contribution in [0.4, 0.5) is 26.3 Å². The monoisotopic (exact) mass is 822 g/mol. The van der Waals surface area contributed by atoms with Gasteiger partial charge in [0.25, 0.3) is 0 Å². The fourth-order valence-electron chi connectivity index (χ4n) is 7.23. The normalized spacial score (nSPS) is 13.0. The molecule has 0 radical (unpaired) electrons. The van der Waals surface area contributed by atoms with Gasteiger partial charge in [-0.1, -0.05) is 12.1 Å². The molecule has 0 atom stereocenters. The maximum absolute atomic E-state index is 13.8. The molecule has 0 bridgehead atoms. The van der Waals surface area contributed by atoms with Gasteiger partial charge in [-0.15, -0.1) is 0 Å². The summed E-state index contributed by atoms with van der Waals surface area (Å²) >= 11 is 0. The Balaban J connectivity index is 1.43. The molecule has 0 saturated carbocycles. The number of nitrogens with zero attached hydrogens (tertiary/aromatic N) is 4. The SMILES string of the molecule is Cc1cc(C(F)(F)F)cc(S(=O)(=O)c2ccc3c(c2)C(=C(C#N)C#N)c2cc4c(cc2-3)C(=C(C#N)C#N)c2cc(S(=O)(=O)c3cc(C)cc(C(F)(F)F)c3)ccc2-4)c1. The van der Waals surface area contributed by atoms with Crippen molar-refractivity contribution in [2.45, 2.75) is 45.8 Å². The number of fused-ring (bicyclic) bond motifs is 6. The van der Waals surface area contributed by atoms with E-state index < -0.39 is 73.9 Å². The highest BCUT2D eigenvalue weighted by molar-refractivity contribution is 7.91. The number of benzene rings is 5. The van der Waals surface area contributed by atoms with Crippen molar-refractivity contribution in [1.29, 1.82) is 21.0 Å². The Labute approximate surface area is 326 Å². The highest BCUT2D eigenvalue weighted by Gasteiger charge is 2.37. The molecule has 0 saturated heterocycles. The van der Waals surface area contributed by atoms with Crippen molar-refractivity contribution in [3.8, 4) is 46.5 Å². The van der Waals surface area contributed by atoms with E-state index in [9.17, 15) is 64.2 Å². The average molecular weight is 823 g/mol.